The highest BCUT2D eigenvalue weighted by molar-refractivity contribution is 7.92. The number of carbonyl (C=O) groups excluding carboxylic acids is 2. The molecule has 0 aliphatic carbocycles. The fourth-order valence-corrected chi connectivity index (χ4v) is 3.24. The first kappa shape index (κ1) is 22.2. The van der Waals surface area contributed by atoms with Crippen LogP contribution in [0.25, 0.3) is 0 Å². The maximum Gasteiger partial charge on any atom is 0.319 e. The fourth-order valence-electron chi connectivity index (χ4n) is 2.66. The Morgan fingerprint density at radius 1 is 0.897 bits per heavy atom. The highest BCUT2D eigenvalue weighted by Gasteiger charge is 2.16. The Bertz CT molecular complexity index is 972. The van der Waals surface area contributed by atoms with Crippen LogP contribution in [0, 0.1) is 0 Å². The van der Waals surface area contributed by atoms with Gasteiger partial charge in [-0.2, -0.15) is 0 Å². The number of hydrogen-bond acceptors (Lipinski definition) is 4. The summed E-state index contributed by atoms with van der Waals surface area (Å²) in [4.78, 5) is 24.3. The maximum absolute atomic E-state index is 12.6. The topological polar surface area (TPSA) is 116 Å². The number of rotatable bonds is 7. The second kappa shape index (κ2) is 9.42. The van der Waals surface area contributed by atoms with E-state index in [0.29, 0.717) is 22.5 Å². The molecule has 9 heteroatoms. The lowest BCUT2D eigenvalue weighted by molar-refractivity contribution is 0.0940. The van der Waals surface area contributed by atoms with Gasteiger partial charge in [-0.3, -0.25) is 9.52 Å². The molecule has 2 aromatic rings. The van der Waals surface area contributed by atoms with Gasteiger partial charge in [-0.25, -0.2) is 13.2 Å². The van der Waals surface area contributed by atoms with Crippen molar-refractivity contribution in [3.8, 4) is 0 Å². The molecular formula is C20H26N4O4S. The molecule has 3 amide bonds. The zero-order valence-corrected chi connectivity index (χ0v) is 17.6. The monoisotopic (exact) mass is 418 g/mol. The smallest absolute Gasteiger partial charge is 0.319 e. The third-order valence-electron chi connectivity index (χ3n) is 3.89. The van der Waals surface area contributed by atoms with Crippen molar-refractivity contribution in [3.05, 3.63) is 59.7 Å². The van der Waals surface area contributed by atoms with E-state index in [1.165, 1.54) is 0 Å². The zero-order valence-electron chi connectivity index (χ0n) is 16.8. The van der Waals surface area contributed by atoms with E-state index in [1.807, 2.05) is 13.8 Å². The molecule has 0 radical (unpaired) electrons. The molecule has 2 rings (SSSR count). The molecule has 4 N–H and O–H groups in total. The minimum absolute atomic E-state index is 0.0154. The molecule has 0 spiro atoms. The van der Waals surface area contributed by atoms with Gasteiger partial charge in [0.2, 0.25) is 10.0 Å². The number of benzene rings is 2. The average Bonchev–Trinajstić information content (AvgIpc) is 2.60. The van der Waals surface area contributed by atoms with E-state index in [1.54, 1.807) is 55.5 Å². The summed E-state index contributed by atoms with van der Waals surface area (Å²) in [6, 6.07) is 12.6. The van der Waals surface area contributed by atoms with Gasteiger partial charge in [0.25, 0.3) is 5.91 Å². The van der Waals surface area contributed by atoms with E-state index in [4.69, 9.17) is 0 Å². The molecule has 156 valence electrons. The number of para-hydroxylation sites is 1. The Morgan fingerprint density at radius 2 is 1.52 bits per heavy atom. The van der Waals surface area contributed by atoms with Crippen LogP contribution < -0.4 is 20.7 Å². The lowest BCUT2D eigenvalue weighted by Gasteiger charge is -2.18. The standard InChI is InChI=1S/C20H26N4O4S/c1-13(2)21-20(26)23-16-11-9-15(10-12-16)19(25)22-14(3)17-7-5-6-8-18(17)24-29(4,27)28/h5-14,24H,1-4H3,(H,22,25)(H2,21,23,26). The van der Waals surface area contributed by atoms with E-state index >= 15 is 0 Å². The lowest BCUT2D eigenvalue weighted by Crippen LogP contribution is -2.34. The number of nitrogens with one attached hydrogen (secondary N) is 4. The van der Waals surface area contributed by atoms with Crippen LogP contribution in [0.1, 0.15) is 42.7 Å². The highest BCUT2D eigenvalue weighted by atomic mass is 32.2. The zero-order chi connectivity index (χ0) is 21.6. The maximum atomic E-state index is 12.6. The second-order valence-corrected chi connectivity index (χ2v) is 8.74. The summed E-state index contributed by atoms with van der Waals surface area (Å²) in [6.45, 7) is 5.49. The van der Waals surface area contributed by atoms with Crippen LogP contribution in [-0.4, -0.2) is 32.7 Å². The van der Waals surface area contributed by atoms with Crippen molar-refractivity contribution in [3.63, 3.8) is 0 Å². The molecule has 1 atom stereocenters. The van der Waals surface area contributed by atoms with Crippen molar-refractivity contribution in [2.45, 2.75) is 32.9 Å². The van der Waals surface area contributed by atoms with Crippen LogP contribution in [0.5, 0.6) is 0 Å². The third kappa shape index (κ3) is 7.11. The van der Waals surface area contributed by atoms with E-state index in [9.17, 15) is 18.0 Å². The number of anilines is 2. The molecule has 2 aromatic carbocycles. The van der Waals surface area contributed by atoms with E-state index < -0.39 is 16.1 Å². The third-order valence-corrected chi connectivity index (χ3v) is 4.49. The van der Waals surface area contributed by atoms with Crippen molar-refractivity contribution in [2.75, 3.05) is 16.3 Å². The molecule has 1 unspecified atom stereocenters. The van der Waals surface area contributed by atoms with E-state index in [0.717, 1.165) is 6.26 Å². The van der Waals surface area contributed by atoms with Gasteiger partial charge in [0.15, 0.2) is 0 Å². The number of carbonyl (C=O) groups is 2. The summed E-state index contributed by atoms with van der Waals surface area (Å²) >= 11 is 0. The van der Waals surface area contributed by atoms with Gasteiger partial charge in [-0.05, 0) is 56.7 Å². The van der Waals surface area contributed by atoms with Crippen LogP contribution in [0.4, 0.5) is 16.2 Å². The normalized spacial score (nSPS) is 12.2. The van der Waals surface area contributed by atoms with Gasteiger partial charge in [-0.15, -0.1) is 0 Å². The molecule has 29 heavy (non-hydrogen) atoms. The van der Waals surface area contributed by atoms with E-state index in [2.05, 4.69) is 20.7 Å². The molecule has 0 fully saturated rings. The summed E-state index contributed by atoms with van der Waals surface area (Å²) in [6.07, 6.45) is 1.07. The molecular weight excluding hydrogens is 392 g/mol. The average molecular weight is 419 g/mol. The lowest BCUT2D eigenvalue weighted by atomic mass is 10.1. The molecule has 0 aromatic heterocycles. The van der Waals surface area contributed by atoms with Crippen molar-refractivity contribution < 1.29 is 18.0 Å². The Kier molecular flexibility index (Phi) is 7.22. The summed E-state index contributed by atoms with van der Waals surface area (Å²) < 4.78 is 25.6. The van der Waals surface area contributed by atoms with Crippen LogP contribution in [0.15, 0.2) is 48.5 Å². The summed E-state index contributed by atoms with van der Waals surface area (Å²) in [5.74, 6) is -0.315. The largest absolute Gasteiger partial charge is 0.345 e. The minimum Gasteiger partial charge on any atom is -0.345 e. The van der Waals surface area contributed by atoms with Crippen molar-refractivity contribution in [1.82, 2.24) is 10.6 Å². The Hall–Kier alpha value is -3.07. The predicted molar refractivity (Wildman–Crippen MR) is 115 cm³/mol. The second-order valence-electron chi connectivity index (χ2n) is 6.99. The van der Waals surface area contributed by atoms with Gasteiger partial charge < -0.3 is 16.0 Å². The molecule has 0 heterocycles. The quantitative estimate of drug-likeness (QED) is 0.553. The van der Waals surface area contributed by atoms with Gasteiger partial charge >= 0.3 is 6.03 Å². The molecule has 0 bridgehead atoms. The summed E-state index contributed by atoms with van der Waals surface area (Å²) in [5, 5.41) is 8.26. The van der Waals surface area contributed by atoms with Gasteiger partial charge in [0.05, 0.1) is 18.0 Å². The van der Waals surface area contributed by atoms with Crippen molar-refractivity contribution in [1.29, 1.82) is 0 Å². The number of amides is 3. The molecule has 0 saturated carbocycles. The molecule has 0 aliphatic heterocycles. The van der Waals surface area contributed by atoms with Gasteiger partial charge in [-0.1, -0.05) is 18.2 Å². The minimum atomic E-state index is -3.44. The molecule has 8 nitrogen and oxygen atoms in total. The number of sulfonamides is 1. The van der Waals surface area contributed by atoms with Gasteiger partial charge in [0.1, 0.15) is 0 Å². The Balaban J connectivity index is 2.06. The van der Waals surface area contributed by atoms with Crippen molar-refractivity contribution in [2.24, 2.45) is 0 Å². The van der Waals surface area contributed by atoms with Gasteiger partial charge in [0, 0.05) is 17.3 Å². The van der Waals surface area contributed by atoms with Crippen LogP contribution in [-0.2, 0) is 10.0 Å². The molecule has 0 aliphatic rings. The highest BCUT2D eigenvalue weighted by Crippen LogP contribution is 2.23. The van der Waals surface area contributed by atoms with Crippen molar-refractivity contribution >= 4 is 33.3 Å². The van der Waals surface area contributed by atoms with Crippen LogP contribution >= 0.6 is 0 Å². The van der Waals surface area contributed by atoms with Crippen LogP contribution in [0.3, 0.4) is 0 Å². The fraction of sp³-hybridized carbons (Fsp3) is 0.300. The first-order valence-corrected chi connectivity index (χ1v) is 11.0. The van der Waals surface area contributed by atoms with E-state index in [-0.39, 0.29) is 18.0 Å². The SMILES string of the molecule is CC(C)NC(=O)Nc1ccc(C(=O)NC(C)c2ccccc2NS(C)(=O)=O)cc1. The van der Waals surface area contributed by atoms with Crippen LogP contribution in [0.2, 0.25) is 0 Å². The first-order chi connectivity index (χ1) is 13.5. The first-order valence-electron chi connectivity index (χ1n) is 9.10. The summed E-state index contributed by atoms with van der Waals surface area (Å²) in [5.41, 5.74) is 2.05. The number of urea groups is 1. The predicted octanol–water partition coefficient (Wildman–Crippen LogP) is 3.08. The molecule has 0 saturated heterocycles. The summed E-state index contributed by atoms with van der Waals surface area (Å²) in [7, 11) is -3.44. The number of hydrogen-bond donors (Lipinski definition) is 4. The Morgan fingerprint density at radius 3 is 2.10 bits per heavy atom. The Labute approximate surface area is 171 Å².